The molecular weight excluding hydrogens is 252 g/mol. The summed E-state index contributed by atoms with van der Waals surface area (Å²) in [6.45, 7) is 4.84. The molecular formula is C13H17ClN2O2. The van der Waals surface area contributed by atoms with E-state index in [1.807, 2.05) is 0 Å². The van der Waals surface area contributed by atoms with Crippen LogP contribution in [0.5, 0.6) is 0 Å². The average Bonchev–Trinajstić information content (AvgIpc) is 2.28. The van der Waals surface area contributed by atoms with Gasteiger partial charge in [0.15, 0.2) is 0 Å². The molecule has 1 heterocycles. The SMILES string of the molecule is CC1CCCN(Cc2cc(Cl)ccc2[N+](=O)[O-])C1. The Balaban J connectivity index is 2.16. The molecule has 1 atom stereocenters. The zero-order chi connectivity index (χ0) is 13.1. The van der Waals surface area contributed by atoms with Crippen LogP contribution >= 0.6 is 11.6 Å². The lowest BCUT2D eigenvalue weighted by molar-refractivity contribution is -0.385. The Labute approximate surface area is 112 Å². The van der Waals surface area contributed by atoms with E-state index in [1.165, 1.54) is 12.5 Å². The zero-order valence-corrected chi connectivity index (χ0v) is 11.2. The molecule has 18 heavy (non-hydrogen) atoms. The first kappa shape index (κ1) is 13.3. The minimum absolute atomic E-state index is 0.164. The van der Waals surface area contributed by atoms with Crippen LogP contribution in [0.25, 0.3) is 0 Å². The molecule has 1 fully saturated rings. The van der Waals surface area contributed by atoms with Gasteiger partial charge in [-0.3, -0.25) is 15.0 Å². The predicted molar refractivity (Wildman–Crippen MR) is 71.8 cm³/mol. The largest absolute Gasteiger partial charge is 0.299 e. The van der Waals surface area contributed by atoms with E-state index >= 15 is 0 Å². The second-order valence-electron chi connectivity index (χ2n) is 5.01. The fourth-order valence-electron chi connectivity index (χ4n) is 2.53. The van der Waals surface area contributed by atoms with Crippen molar-refractivity contribution in [1.82, 2.24) is 4.90 Å². The number of hydrogen-bond donors (Lipinski definition) is 0. The standard InChI is InChI=1S/C13H17ClN2O2/c1-10-3-2-6-15(8-10)9-11-7-12(14)4-5-13(11)16(17)18/h4-5,7,10H,2-3,6,8-9H2,1H3. The monoisotopic (exact) mass is 268 g/mol. The molecule has 2 rings (SSSR count). The second kappa shape index (κ2) is 5.67. The Morgan fingerprint density at radius 2 is 2.33 bits per heavy atom. The van der Waals surface area contributed by atoms with Gasteiger partial charge in [-0.25, -0.2) is 0 Å². The van der Waals surface area contributed by atoms with Gasteiger partial charge in [0, 0.05) is 29.7 Å². The summed E-state index contributed by atoms with van der Waals surface area (Å²) >= 11 is 5.93. The number of nitro groups is 1. The Kier molecular flexibility index (Phi) is 4.19. The van der Waals surface area contributed by atoms with Crippen molar-refractivity contribution in [2.24, 2.45) is 5.92 Å². The summed E-state index contributed by atoms with van der Waals surface area (Å²) in [6, 6.07) is 4.77. The molecule has 1 saturated heterocycles. The number of halogens is 1. The first-order valence-corrected chi connectivity index (χ1v) is 6.59. The summed E-state index contributed by atoms with van der Waals surface area (Å²) in [6.07, 6.45) is 2.41. The number of piperidine rings is 1. The fourth-order valence-corrected chi connectivity index (χ4v) is 2.72. The lowest BCUT2D eigenvalue weighted by Crippen LogP contribution is -2.33. The molecule has 1 aliphatic heterocycles. The first-order chi connectivity index (χ1) is 8.56. The Morgan fingerprint density at radius 1 is 1.56 bits per heavy atom. The lowest BCUT2D eigenvalue weighted by atomic mass is 9.99. The van der Waals surface area contributed by atoms with Crippen LogP contribution in [0.1, 0.15) is 25.3 Å². The van der Waals surface area contributed by atoms with E-state index < -0.39 is 0 Å². The topological polar surface area (TPSA) is 46.4 Å². The van der Waals surface area contributed by atoms with E-state index in [-0.39, 0.29) is 10.6 Å². The zero-order valence-electron chi connectivity index (χ0n) is 10.4. The van der Waals surface area contributed by atoms with E-state index in [1.54, 1.807) is 12.1 Å². The first-order valence-electron chi connectivity index (χ1n) is 6.21. The van der Waals surface area contributed by atoms with Gasteiger partial charge in [0.1, 0.15) is 0 Å². The summed E-state index contributed by atoms with van der Waals surface area (Å²) in [7, 11) is 0. The van der Waals surface area contributed by atoms with Crippen molar-refractivity contribution in [3.05, 3.63) is 38.9 Å². The van der Waals surface area contributed by atoms with Gasteiger partial charge >= 0.3 is 0 Å². The van der Waals surface area contributed by atoms with E-state index in [4.69, 9.17) is 11.6 Å². The molecule has 1 aromatic rings. The van der Waals surface area contributed by atoms with Crippen LogP contribution in [-0.4, -0.2) is 22.9 Å². The van der Waals surface area contributed by atoms with E-state index in [9.17, 15) is 10.1 Å². The number of nitro benzene ring substituents is 1. The van der Waals surface area contributed by atoms with Crippen LogP contribution in [0.15, 0.2) is 18.2 Å². The van der Waals surface area contributed by atoms with Gasteiger partial charge in [-0.2, -0.15) is 0 Å². The maximum atomic E-state index is 11.0. The lowest BCUT2D eigenvalue weighted by Gasteiger charge is -2.30. The molecule has 0 bridgehead atoms. The number of benzene rings is 1. The normalized spacial score (nSPS) is 20.9. The summed E-state index contributed by atoms with van der Waals surface area (Å²) in [4.78, 5) is 12.9. The van der Waals surface area contributed by atoms with Gasteiger partial charge in [0.2, 0.25) is 0 Å². The Hall–Kier alpha value is -1.13. The van der Waals surface area contributed by atoms with Crippen molar-refractivity contribution >= 4 is 17.3 Å². The fraction of sp³-hybridized carbons (Fsp3) is 0.538. The highest BCUT2D eigenvalue weighted by Crippen LogP contribution is 2.26. The molecule has 0 radical (unpaired) electrons. The minimum Gasteiger partial charge on any atom is -0.299 e. The number of likely N-dealkylation sites (tertiary alicyclic amines) is 1. The maximum absolute atomic E-state index is 11.0. The van der Waals surface area contributed by atoms with Crippen molar-refractivity contribution in [1.29, 1.82) is 0 Å². The molecule has 4 nitrogen and oxygen atoms in total. The van der Waals surface area contributed by atoms with Crippen molar-refractivity contribution in [2.45, 2.75) is 26.3 Å². The molecule has 1 unspecified atom stereocenters. The van der Waals surface area contributed by atoms with E-state index in [0.717, 1.165) is 19.5 Å². The van der Waals surface area contributed by atoms with E-state index in [0.29, 0.717) is 23.0 Å². The van der Waals surface area contributed by atoms with E-state index in [2.05, 4.69) is 11.8 Å². The third kappa shape index (κ3) is 3.21. The quantitative estimate of drug-likeness (QED) is 0.623. The Bertz CT molecular complexity index is 451. The number of nitrogens with zero attached hydrogens (tertiary/aromatic N) is 2. The van der Waals surface area contributed by atoms with Crippen molar-refractivity contribution in [2.75, 3.05) is 13.1 Å². The van der Waals surface area contributed by atoms with Gasteiger partial charge in [0.25, 0.3) is 5.69 Å². The summed E-state index contributed by atoms with van der Waals surface area (Å²) in [5, 5.41) is 11.5. The van der Waals surface area contributed by atoms with Crippen LogP contribution in [-0.2, 0) is 6.54 Å². The van der Waals surface area contributed by atoms with Crippen LogP contribution in [0.2, 0.25) is 5.02 Å². The van der Waals surface area contributed by atoms with Gasteiger partial charge in [-0.1, -0.05) is 18.5 Å². The molecule has 0 saturated carbocycles. The summed E-state index contributed by atoms with van der Waals surface area (Å²) < 4.78 is 0. The molecule has 0 spiro atoms. The van der Waals surface area contributed by atoms with Crippen LogP contribution in [0, 0.1) is 16.0 Å². The molecule has 0 aromatic heterocycles. The van der Waals surface area contributed by atoms with Crippen molar-refractivity contribution in [3.63, 3.8) is 0 Å². The maximum Gasteiger partial charge on any atom is 0.273 e. The molecule has 1 aromatic carbocycles. The Morgan fingerprint density at radius 3 is 3.00 bits per heavy atom. The van der Waals surface area contributed by atoms with Gasteiger partial charge in [-0.15, -0.1) is 0 Å². The average molecular weight is 269 g/mol. The minimum atomic E-state index is -0.334. The molecule has 0 N–H and O–H groups in total. The molecule has 98 valence electrons. The molecule has 0 aliphatic carbocycles. The molecule has 0 amide bonds. The highest BCUT2D eigenvalue weighted by molar-refractivity contribution is 6.30. The van der Waals surface area contributed by atoms with Gasteiger partial charge in [0.05, 0.1) is 4.92 Å². The highest BCUT2D eigenvalue weighted by Gasteiger charge is 2.20. The predicted octanol–water partition coefficient (Wildman–Crippen LogP) is 3.48. The number of hydrogen-bond acceptors (Lipinski definition) is 3. The summed E-state index contributed by atoms with van der Waals surface area (Å²) in [5.41, 5.74) is 0.874. The van der Waals surface area contributed by atoms with Gasteiger partial charge in [-0.05, 0) is 37.4 Å². The van der Waals surface area contributed by atoms with Gasteiger partial charge < -0.3 is 0 Å². The third-order valence-corrected chi connectivity index (χ3v) is 3.61. The van der Waals surface area contributed by atoms with Crippen LogP contribution in [0.3, 0.4) is 0 Å². The summed E-state index contributed by atoms with van der Waals surface area (Å²) in [5.74, 6) is 0.664. The number of rotatable bonds is 3. The van der Waals surface area contributed by atoms with Crippen molar-refractivity contribution in [3.8, 4) is 0 Å². The smallest absolute Gasteiger partial charge is 0.273 e. The molecule has 5 heteroatoms. The van der Waals surface area contributed by atoms with Crippen LogP contribution in [0.4, 0.5) is 5.69 Å². The third-order valence-electron chi connectivity index (χ3n) is 3.37. The van der Waals surface area contributed by atoms with Crippen LogP contribution < -0.4 is 0 Å². The second-order valence-corrected chi connectivity index (χ2v) is 5.45. The molecule has 1 aliphatic rings. The highest BCUT2D eigenvalue weighted by atomic mass is 35.5. The van der Waals surface area contributed by atoms with Crippen molar-refractivity contribution < 1.29 is 4.92 Å².